The molecule has 3 heterocycles. The number of carbonyl (C=O) groups is 1. The van der Waals surface area contributed by atoms with Crippen LogP contribution in [0.5, 0.6) is 0 Å². The number of nitriles is 1. The molecule has 4 rings (SSSR count). The van der Waals surface area contributed by atoms with Crippen LogP contribution < -0.4 is 5.32 Å². The number of aryl methyl sites for hydroxylation is 2. The molecule has 3 aromatic heterocycles. The molecule has 150 valence electrons. The van der Waals surface area contributed by atoms with Crippen molar-refractivity contribution in [2.45, 2.75) is 44.2 Å². The zero-order valence-electron chi connectivity index (χ0n) is 16.3. The highest BCUT2D eigenvalue weighted by Crippen LogP contribution is 2.37. The van der Waals surface area contributed by atoms with Crippen molar-refractivity contribution in [3.63, 3.8) is 0 Å². The summed E-state index contributed by atoms with van der Waals surface area (Å²) in [7, 11) is 1.90. The molecule has 0 atom stereocenters. The van der Waals surface area contributed by atoms with E-state index in [-0.39, 0.29) is 5.91 Å². The fourth-order valence-corrected chi connectivity index (χ4v) is 5.59. The van der Waals surface area contributed by atoms with Crippen LogP contribution in [0.25, 0.3) is 11.4 Å². The highest BCUT2D eigenvalue weighted by atomic mass is 32.2. The summed E-state index contributed by atoms with van der Waals surface area (Å²) >= 11 is 3.04. The second-order valence-corrected chi connectivity index (χ2v) is 9.10. The number of rotatable bonds is 6. The van der Waals surface area contributed by atoms with E-state index in [9.17, 15) is 10.1 Å². The quantitative estimate of drug-likeness (QED) is 0.589. The van der Waals surface area contributed by atoms with Gasteiger partial charge in [-0.25, -0.2) is 0 Å². The minimum atomic E-state index is -0.0827. The first-order chi connectivity index (χ1) is 14.1. The molecule has 0 aliphatic heterocycles. The lowest BCUT2D eigenvalue weighted by molar-refractivity contribution is -0.115. The Bertz CT molecular complexity index is 1090. The molecule has 1 amide bonds. The summed E-state index contributed by atoms with van der Waals surface area (Å²) in [5, 5.41) is 22.4. The third kappa shape index (κ3) is 3.95. The van der Waals surface area contributed by atoms with Crippen LogP contribution in [-0.2, 0) is 24.7 Å². The number of hydrogen-bond acceptors (Lipinski definition) is 7. The maximum atomic E-state index is 12.4. The minimum Gasteiger partial charge on any atom is -0.469 e. The zero-order chi connectivity index (χ0) is 20.4. The van der Waals surface area contributed by atoms with Crippen LogP contribution in [0.4, 0.5) is 5.00 Å². The number of thioether (sulfide) groups is 1. The first kappa shape index (κ1) is 19.7. The molecule has 0 bridgehead atoms. The fraction of sp³-hybridized carbons (Fsp3) is 0.400. The molecule has 1 N–H and O–H groups in total. The summed E-state index contributed by atoms with van der Waals surface area (Å²) in [5.41, 5.74) is 2.70. The van der Waals surface area contributed by atoms with Crippen molar-refractivity contribution in [1.82, 2.24) is 14.8 Å². The molecule has 0 saturated carbocycles. The van der Waals surface area contributed by atoms with Crippen molar-refractivity contribution in [3.8, 4) is 17.5 Å². The van der Waals surface area contributed by atoms with Crippen molar-refractivity contribution >= 4 is 34.0 Å². The molecular weight excluding hydrogens is 406 g/mol. The second-order valence-electron chi connectivity index (χ2n) is 6.93. The monoisotopic (exact) mass is 427 g/mol. The average molecular weight is 428 g/mol. The maximum Gasteiger partial charge on any atom is 0.225 e. The molecule has 0 saturated heterocycles. The van der Waals surface area contributed by atoms with Gasteiger partial charge in [-0.1, -0.05) is 11.8 Å². The Labute approximate surface area is 177 Å². The van der Waals surface area contributed by atoms with Gasteiger partial charge in [0.15, 0.2) is 11.0 Å². The summed E-state index contributed by atoms with van der Waals surface area (Å²) < 4.78 is 7.24. The average Bonchev–Trinajstić information content (AvgIpc) is 3.38. The Morgan fingerprint density at radius 2 is 2.24 bits per heavy atom. The van der Waals surface area contributed by atoms with Gasteiger partial charge in [0, 0.05) is 24.1 Å². The Morgan fingerprint density at radius 3 is 3.00 bits per heavy atom. The van der Waals surface area contributed by atoms with Crippen LogP contribution in [0.15, 0.2) is 21.9 Å². The zero-order valence-corrected chi connectivity index (χ0v) is 18.0. The van der Waals surface area contributed by atoms with E-state index in [1.807, 2.05) is 24.6 Å². The molecule has 29 heavy (non-hydrogen) atoms. The molecule has 0 spiro atoms. The molecule has 1 aliphatic carbocycles. The lowest BCUT2D eigenvalue weighted by Gasteiger charge is -2.09. The second kappa shape index (κ2) is 8.43. The van der Waals surface area contributed by atoms with Crippen molar-refractivity contribution < 1.29 is 9.21 Å². The van der Waals surface area contributed by atoms with Gasteiger partial charge in [-0.15, -0.1) is 21.5 Å². The highest BCUT2D eigenvalue weighted by molar-refractivity contribution is 7.99. The molecule has 0 fully saturated rings. The Kier molecular flexibility index (Phi) is 5.74. The first-order valence-corrected chi connectivity index (χ1v) is 11.3. The van der Waals surface area contributed by atoms with Gasteiger partial charge in [-0.05, 0) is 44.2 Å². The molecule has 1 aliphatic rings. The molecule has 9 heteroatoms. The number of amides is 1. The number of anilines is 1. The summed E-state index contributed by atoms with van der Waals surface area (Å²) in [6.45, 7) is 1.89. The summed E-state index contributed by atoms with van der Waals surface area (Å²) in [6, 6.07) is 4.15. The van der Waals surface area contributed by atoms with Crippen LogP contribution in [-0.4, -0.2) is 26.4 Å². The number of thiophene rings is 1. The molecule has 0 radical (unpaired) electrons. The molecule has 0 unspecified atom stereocenters. The van der Waals surface area contributed by atoms with E-state index in [1.165, 1.54) is 16.6 Å². The largest absolute Gasteiger partial charge is 0.469 e. The van der Waals surface area contributed by atoms with Gasteiger partial charge in [0.25, 0.3) is 0 Å². The number of aromatic nitrogens is 3. The Balaban J connectivity index is 1.36. The number of nitrogens with one attached hydrogen (secondary N) is 1. The number of nitrogens with zero attached hydrogens (tertiary/aromatic N) is 4. The normalized spacial score (nSPS) is 13.1. The van der Waals surface area contributed by atoms with Gasteiger partial charge in [-0.2, -0.15) is 5.26 Å². The van der Waals surface area contributed by atoms with Crippen molar-refractivity contribution in [2.75, 3.05) is 11.1 Å². The van der Waals surface area contributed by atoms with E-state index in [1.54, 1.807) is 17.6 Å². The smallest absolute Gasteiger partial charge is 0.225 e. The van der Waals surface area contributed by atoms with Gasteiger partial charge < -0.3 is 14.3 Å². The van der Waals surface area contributed by atoms with E-state index in [0.29, 0.717) is 22.7 Å². The molecule has 7 nitrogen and oxygen atoms in total. The summed E-state index contributed by atoms with van der Waals surface area (Å²) in [5.74, 6) is 2.03. The van der Waals surface area contributed by atoms with E-state index in [2.05, 4.69) is 21.6 Å². The van der Waals surface area contributed by atoms with Crippen LogP contribution in [0.1, 0.15) is 41.0 Å². The SMILES string of the molecule is Cc1occc1-c1nnc(SCCC(=O)Nc2sc3c(c2C#N)CCCC3)n1C. The molecule has 0 aromatic carbocycles. The van der Waals surface area contributed by atoms with E-state index < -0.39 is 0 Å². The van der Waals surface area contributed by atoms with Gasteiger partial charge in [0.05, 0.1) is 17.4 Å². The van der Waals surface area contributed by atoms with Crippen molar-refractivity contribution in [2.24, 2.45) is 7.05 Å². The lowest BCUT2D eigenvalue weighted by atomic mass is 9.96. The number of fused-ring (bicyclic) bond motifs is 1. The lowest BCUT2D eigenvalue weighted by Crippen LogP contribution is -2.12. The van der Waals surface area contributed by atoms with E-state index in [4.69, 9.17) is 4.42 Å². The van der Waals surface area contributed by atoms with Gasteiger partial charge in [0.2, 0.25) is 5.91 Å². The third-order valence-corrected chi connectivity index (χ3v) is 7.26. The summed E-state index contributed by atoms with van der Waals surface area (Å²) in [4.78, 5) is 13.7. The Hall–Kier alpha value is -2.57. The van der Waals surface area contributed by atoms with E-state index >= 15 is 0 Å². The van der Waals surface area contributed by atoms with Gasteiger partial charge >= 0.3 is 0 Å². The van der Waals surface area contributed by atoms with Crippen molar-refractivity contribution in [3.05, 3.63) is 34.1 Å². The fourth-order valence-electron chi connectivity index (χ4n) is 3.49. The first-order valence-electron chi connectivity index (χ1n) is 9.49. The topological polar surface area (TPSA) is 96.7 Å². The number of furan rings is 1. The number of hydrogen-bond donors (Lipinski definition) is 1. The number of carbonyl (C=O) groups excluding carboxylic acids is 1. The Morgan fingerprint density at radius 1 is 1.41 bits per heavy atom. The van der Waals surface area contributed by atoms with Gasteiger partial charge in [0.1, 0.15) is 16.8 Å². The standard InChI is InChI=1S/C20H21N5O2S2/c1-12-13(7-9-27-12)18-23-24-20(25(18)2)28-10-8-17(26)22-19-15(11-21)14-5-3-4-6-16(14)29-19/h7,9H,3-6,8,10H2,1-2H3,(H,22,26). The van der Waals surface area contributed by atoms with Crippen LogP contribution in [0.3, 0.4) is 0 Å². The van der Waals surface area contributed by atoms with E-state index in [0.717, 1.165) is 53.6 Å². The predicted octanol–water partition coefficient (Wildman–Crippen LogP) is 4.32. The van der Waals surface area contributed by atoms with Crippen LogP contribution >= 0.6 is 23.1 Å². The molecular formula is C20H21N5O2S2. The summed E-state index contributed by atoms with van der Waals surface area (Å²) in [6.07, 6.45) is 6.18. The van der Waals surface area contributed by atoms with Crippen LogP contribution in [0.2, 0.25) is 0 Å². The van der Waals surface area contributed by atoms with Crippen molar-refractivity contribution in [1.29, 1.82) is 5.26 Å². The minimum absolute atomic E-state index is 0.0827. The predicted molar refractivity (Wildman–Crippen MR) is 113 cm³/mol. The highest BCUT2D eigenvalue weighted by Gasteiger charge is 2.22. The third-order valence-electron chi connectivity index (χ3n) is 5.03. The molecule has 3 aromatic rings. The van der Waals surface area contributed by atoms with Gasteiger partial charge in [-0.3, -0.25) is 4.79 Å². The van der Waals surface area contributed by atoms with Crippen LogP contribution in [0, 0.1) is 18.3 Å². The maximum absolute atomic E-state index is 12.4.